The molecule has 2 atom stereocenters. The summed E-state index contributed by atoms with van der Waals surface area (Å²) in [7, 11) is 2.03. The van der Waals surface area contributed by atoms with Gasteiger partial charge in [-0.2, -0.15) is 5.10 Å². The van der Waals surface area contributed by atoms with Crippen molar-refractivity contribution in [2.75, 3.05) is 19.7 Å². The molecule has 0 amide bonds. The van der Waals surface area contributed by atoms with E-state index in [1.165, 1.54) is 22.4 Å². The summed E-state index contributed by atoms with van der Waals surface area (Å²) in [6.45, 7) is 11.7. The molecule has 0 bridgehead atoms. The van der Waals surface area contributed by atoms with Gasteiger partial charge in [-0.25, -0.2) is 4.99 Å². The number of halogens is 1. The van der Waals surface area contributed by atoms with Crippen molar-refractivity contribution in [3.63, 3.8) is 0 Å². The summed E-state index contributed by atoms with van der Waals surface area (Å²) in [6, 6.07) is 8.76. The van der Waals surface area contributed by atoms with Gasteiger partial charge in [0.15, 0.2) is 5.96 Å². The fourth-order valence-corrected chi connectivity index (χ4v) is 4.48. The molecule has 2 unspecified atom stereocenters. The number of aryl methyl sites for hydroxylation is 3. The largest absolute Gasteiger partial charge is 0.373 e. The Morgan fingerprint density at radius 2 is 1.91 bits per heavy atom. The van der Waals surface area contributed by atoms with Crippen LogP contribution in [0.2, 0.25) is 0 Å². The minimum absolute atomic E-state index is 0. The van der Waals surface area contributed by atoms with Crippen LogP contribution in [0.3, 0.4) is 0 Å². The molecule has 6 nitrogen and oxygen atoms in total. The SMILES string of the molecule is CCNC(=NCc1c(CC)nn(C)c1CC)NCC1CCCOC1c1ccc(C)cc1.I. The molecule has 2 heterocycles. The van der Waals surface area contributed by atoms with Crippen LogP contribution in [0.15, 0.2) is 29.3 Å². The third-order valence-electron chi connectivity index (χ3n) is 6.15. The van der Waals surface area contributed by atoms with Gasteiger partial charge in [0.1, 0.15) is 0 Å². The molecule has 0 spiro atoms. The van der Waals surface area contributed by atoms with E-state index in [1.807, 2.05) is 11.7 Å². The highest BCUT2D eigenvalue weighted by Crippen LogP contribution is 2.33. The highest BCUT2D eigenvalue weighted by Gasteiger charge is 2.27. The summed E-state index contributed by atoms with van der Waals surface area (Å²) in [5.74, 6) is 1.29. The Hall–Kier alpha value is -1.61. The van der Waals surface area contributed by atoms with Gasteiger partial charge in [-0.05, 0) is 45.1 Å². The molecule has 0 radical (unpaired) electrons. The summed E-state index contributed by atoms with van der Waals surface area (Å²) in [4.78, 5) is 4.91. The molecule has 1 aromatic carbocycles. The first-order chi connectivity index (χ1) is 15.1. The average molecular weight is 554 g/mol. The minimum Gasteiger partial charge on any atom is -0.373 e. The lowest BCUT2D eigenvalue weighted by atomic mass is 9.89. The van der Waals surface area contributed by atoms with E-state index in [0.717, 1.165) is 57.0 Å². The van der Waals surface area contributed by atoms with Crippen molar-refractivity contribution in [1.82, 2.24) is 20.4 Å². The Labute approximate surface area is 210 Å². The van der Waals surface area contributed by atoms with E-state index in [-0.39, 0.29) is 30.1 Å². The molecular formula is C25H40IN5O. The van der Waals surface area contributed by atoms with Crippen LogP contribution in [0.25, 0.3) is 0 Å². The molecule has 178 valence electrons. The summed E-state index contributed by atoms with van der Waals surface area (Å²) in [5, 5.41) is 11.7. The minimum atomic E-state index is 0. The smallest absolute Gasteiger partial charge is 0.191 e. The molecule has 1 aliphatic rings. The summed E-state index contributed by atoms with van der Waals surface area (Å²) >= 11 is 0. The third kappa shape index (κ3) is 6.70. The number of nitrogens with one attached hydrogen (secondary N) is 2. The maximum absolute atomic E-state index is 6.19. The second kappa shape index (κ2) is 13.2. The maximum Gasteiger partial charge on any atom is 0.191 e. The van der Waals surface area contributed by atoms with Crippen molar-refractivity contribution in [3.8, 4) is 0 Å². The number of benzene rings is 1. The van der Waals surface area contributed by atoms with Gasteiger partial charge in [0, 0.05) is 43.9 Å². The predicted molar refractivity (Wildman–Crippen MR) is 143 cm³/mol. The lowest BCUT2D eigenvalue weighted by molar-refractivity contribution is -0.0265. The second-order valence-corrected chi connectivity index (χ2v) is 8.38. The zero-order valence-electron chi connectivity index (χ0n) is 20.3. The molecule has 2 aromatic rings. The number of ether oxygens (including phenoxy) is 1. The zero-order chi connectivity index (χ0) is 22.2. The Morgan fingerprint density at radius 1 is 1.16 bits per heavy atom. The van der Waals surface area contributed by atoms with Crippen LogP contribution < -0.4 is 10.6 Å². The first kappa shape index (κ1) is 26.6. The quantitative estimate of drug-likeness (QED) is 0.283. The summed E-state index contributed by atoms with van der Waals surface area (Å²) in [5.41, 5.74) is 6.25. The fourth-order valence-electron chi connectivity index (χ4n) is 4.48. The predicted octanol–water partition coefficient (Wildman–Crippen LogP) is 4.69. The molecule has 1 aromatic heterocycles. The van der Waals surface area contributed by atoms with Crippen LogP contribution in [-0.4, -0.2) is 35.4 Å². The normalized spacial score (nSPS) is 18.8. The molecule has 1 aliphatic heterocycles. The van der Waals surface area contributed by atoms with Gasteiger partial charge in [0.2, 0.25) is 0 Å². The van der Waals surface area contributed by atoms with E-state index in [0.29, 0.717) is 12.5 Å². The molecule has 1 saturated heterocycles. The van der Waals surface area contributed by atoms with Crippen molar-refractivity contribution >= 4 is 29.9 Å². The van der Waals surface area contributed by atoms with E-state index in [2.05, 4.69) is 67.7 Å². The molecule has 1 fully saturated rings. The van der Waals surface area contributed by atoms with Crippen molar-refractivity contribution in [2.24, 2.45) is 18.0 Å². The highest BCUT2D eigenvalue weighted by molar-refractivity contribution is 14.0. The molecule has 32 heavy (non-hydrogen) atoms. The number of aliphatic imine (C=N–C) groups is 1. The molecule has 3 rings (SSSR count). The number of nitrogens with zero attached hydrogens (tertiary/aromatic N) is 3. The Kier molecular flexibility index (Phi) is 11.0. The second-order valence-electron chi connectivity index (χ2n) is 8.38. The van der Waals surface area contributed by atoms with Gasteiger partial charge in [0.25, 0.3) is 0 Å². The maximum atomic E-state index is 6.19. The number of rotatable bonds is 8. The number of guanidine groups is 1. The molecule has 0 saturated carbocycles. The van der Waals surface area contributed by atoms with E-state index < -0.39 is 0 Å². The molecular weight excluding hydrogens is 513 g/mol. The lowest BCUT2D eigenvalue weighted by Gasteiger charge is -2.32. The Balaban J connectivity index is 0.00000363. The number of aromatic nitrogens is 2. The van der Waals surface area contributed by atoms with Gasteiger partial charge in [-0.1, -0.05) is 43.7 Å². The van der Waals surface area contributed by atoms with E-state index in [1.54, 1.807) is 0 Å². The first-order valence-electron chi connectivity index (χ1n) is 11.8. The topological polar surface area (TPSA) is 63.5 Å². The van der Waals surface area contributed by atoms with Crippen LogP contribution >= 0.6 is 24.0 Å². The van der Waals surface area contributed by atoms with Crippen LogP contribution in [0, 0.1) is 12.8 Å². The highest BCUT2D eigenvalue weighted by atomic mass is 127. The van der Waals surface area contributed by atoms with Gasteiger partial charge < -0.3 is 15.4 Å². The standard InChI is InChI=1S/C25H39N5O.HI/c1-6-22-21(23(7-2)30(5)29-22)17-28-25(26-8-3)27-16-20-10-9-15-31-24(20)19-13-11-18(4)12-14-19;/h11-14,20,24H,6-10,15-17H2,1-5H3,(H2,26,27,28);1H. The number of hydrogen-bond acceptors (Lipinski definition) is 3. The van der Waals surface area contributed by atoms with E-state index in [4.69, 9.17) is 9.73 Å². The lowest BCUT2D eigenvalue weighted by Crippen LogP contribution is -2.42. The van der Waals surface area contributed by atoms with Crippen molar-refractivity contribution in [1.29, 1.82) is 0 Å². The fraction of sp³-hybridized carbons (Fsp3) is 0.600. The van der Waals surface area contributed by atoms with Crippen molar-refractivity contribution < 1.29 is 4.74 Å². The van der Waals surface area contributed by atoms with E-state index >= 15 is 0 Å². The Bertz CT molecular complexity index is 862. The van der Waals surface area contributed by atoms with Crippen LogP contribution in [-0.2, 0) is 31.2 Å². The van der Waals surface area contributed by atoms with Gasteiger partial charge in [-0.3, -0.25) is 4.68 Å². The summed E-state index contributed by atoms with van der Waals surface area (Å²) < 4.78 is 8.20. The van der Waals surface area contributed by atoms with Crippen molar-refractivity contribution in [2.45, 2.75) is 66.0 Å². The molecule has 7 heteroatoms. The zero-order valence-corrected chi connectivity index (χ0v) is 22.6. The Morgan fingerprint density at radius 3 is 2.56 bits per heavy atom. The van der Waals surface area contributed by atoms with Gasteiger partial charge >= 0.3 is 0 Å². The van der Waals surface area contributed by atoms with Crippen LogP contribution in [0.4, 0.5) is 0 Å². The average Bonchev–Trinajstić information content (AvgIpc) is 3.10. The van der Waals surface area contributed by atoms with E-state index in [9.17, 15) is 0 Å². The van der Waals surface area contributed by atoms with Gasteiger partial charge in [0.05, 0.1) is 18.3 Å². The molecule has 2 N–H and O–H groups in total. The monoisotopic (exact) mass is 553 g/mol. The van der Waals surface area contributed by atoms with Gasteiger partial charge in [-0.15, -0.1) is 24.0 Å². The summed E-state index contributed by atoms with van der Waals surface area (Å²) in [6.07, 6.45) is 4.31. The molecule has 0 aliphatic carbocycles. The van der Waals surface area contributed by atoms with Crippen LogP contribution in [0.5, 0.6) is 0 Å². The number of hydrogen-bond donors (Lipinski definition) is 2. The van der Waals surface area contributed by atoms with Crippen LogP contribution in [0.1, 0.15) is 67.8 Å². The van der Waals surface area contributed by atoms with Crippen molar-refractivity contribution in [3.05, 3.63) is 52.3 Å². The first-order valence-corrected chi connectivity index (χ1v) is 11.8. The third-order valence-corrected chi connectivity index (χ3v) is 6.15.